The molecule has 2 aromatic heterocycles. The van der Waals surface area contributed by atoms with E-state index in [2.05, 4.69) is 25.4 Å². The Morgan fingerprint density at radius 3 is 2.79 bits per heavy atom. The van der Waals surface area contributed by atoms with Crippen LogP contribution >= 0.6 is 0 Å². The van der Waals surface area contributed by atoms with Crippen LogP contribution in [0.25, 0.3) is 11.4 Å². The number of aromatic nitrogens is 4. The maximum Gasteiger partial charge on any atom is 0.277 e. The van der Waals surface area contributed by atoms with E-state index in [4.69, 9.17) is 4.74 Å². The van der Waals surface area contributed by atoms with Crippen LogP contribution in [-0.4, -0.2) is 44.8 Å². The van der Waals surface area contributed by atoms with Gasteiger partial charge in [0, 0.05) is 25.8 Å². The molecule has 1 aliphatic carbocycles. The third-order valence-electron chi connectivity index (χ3n) is 5.69. The molecule has 3 aromatic rings. The third kappa shape index (κ3) is 4.20. The van der Waals surface area contributed by atoms with E-state index in [0.717, 1.165) is 12.8 Å². The molecule has 170 valence electrons. The molecular formula is C23H22F2N6O2. The van der Waals surface area contributed by atoms with Crippen molar-refractivity contribution in [1.29, 1.82) is 0 Å². The summed E-state index contributed by atoms with van der Waals surface area (Å²) in [7, 11) is 3.31. The molecule has 0 radical (unpaired) electrons. The van der Waals surface area contributed by atoms with Crippen LogP contribution in [0, 0.1) is 5.92 Å². The van der Waals surface area contributed by atoms with Gasteiger partial charge in [0.2, 0.25) is 0 Å². The number of nitrogens with zero attached hydrogens (tertiary/aromatic N) is 5. The number of carbonyl (C=O) groups excluding carboxylic acids is 1. The molecule has 0 atom stereocenters. The monoisotopic (exact) mass is 452 g/mol. The average Bonchev–Trinajstić information content (AvgIpc) is 3.41. The van der Waals surface area contributed by atoms with Crippen molar-refractivity contribution in [2.75, 3.05) is 12.4 Å². The number of alkyl halides is 2. The predicted molar refractivity (Wildman–Crippen MR) is 119 cm³/mol. The van der Waals surface area contributed by atoms with Crippen LogP contribution in [0.3, 0.4) is 0 Å². The zero-order valence-corrected chi connectivity index (χ0v) is 18.2. The summed E-state index contributed by atoms with van der Waals surface area (Å²) in [5.41, 5.74) is 2.88. The highest BCUT2D eigenvalue weighted by Crippen LogP contribution is 2.41. The smallest absolute Gasteiger partial charge is 0.277 e. The van der Waals surface area contributed by atoms with Crippen LogP contribution in [0.5, 0.6) is 5.75 Å². The van der Waals surface area contributed by atoms with E-state index in [1.807, 2.05) is 12.1 Å². The maximum absolute atomic E-state index is 13.4. The number of ketones is 1. The van der Waals surface area contributed by atoms with Gasteiger partial charge in [0.1, 0.15) is 17.8 Å². The molecule has 0 bridgehead atoms. The Morgan fingerprint density at radius 2 is 2.12 bits per heavy atom. The number of hydrogen-bond acceptors (Lipinski definition) is 7. The van der Waals surface area contributed by atoms with Crippen molar-refractivity contribution >= 4 is 28.6 Å². The molecule has 1 aliphatic heterocycles. The SMILES string of the molecule is COc1c(Nc2cc(CC(=O)C3CC3)nc3c2N=C(C(F)F)C3)cccc1-c1ncn(C)n1. The number of methoxy groups -OCH3 is 1. The second-order valence-corrected chi connectivity index (χ2v) is 8.21. The lowest BCUT2D eigenvalue weighted by molar-refractivity contribution is -0.119. The number of fused-ring (bicyclic) bond motifs is 1. The van der Waals surface area contributed by atoms with E-state index in [9.17, 15) is 13.6 Å². The Kier molecular flexibility index (Phi) is 5.35. The van der Waals surface area contributed by atoms with Gasteiger partial charge in [0.25, 0.3) is 6.43 Å². The van der Waals surface area contributed by atoms with Gasteiger partial charge >= 0.3 is 0 Å². The number of anilines is 2. The molecule has 8 nitrogen and oxygen atoms in total. The van der Waals surface area contributed by atoms with Gasteiger partial charge in [-0.3, -0.25) is 14.5 Å². The van der Waals surface area contributed by atoms with E-state index in [1.165, 1.54) is 7.11 Å². The van der Waals surface area contributed by atoms with E-state index in [-0.39, 0.29) is 30.3 Å². The molecule has 5 rings (SSSR count). The highest BCUT2D eigenvalue weighted by Gasteiger charge is 2.31. The quantitative estimate of drug-likeness (QED) is 0.554. The number of benzene rings is 1. The van der Waals surface area contributed by atoms with Crippen molar-refractivity contribution in [3.63, 3.8) is 0 Å². The van der Waals surface area contributed by atoms with Crippen LogP contribution in [0.2, 0.25) is 0 Å². The van der Waals surface area contributed by atoms with E-state index in [0.29, 0.717) is 45.6 Å². The predicted octanol–water partition coefficient (Wildman–Crippen LogP) is 4.04. The molecule has 0 saturated heterocycles. The summed E-state index contributed by atoms with van der Waals surface area (Å²) in [6.45, 7) is 0. The fraction of sp³-hybridized carbons (Fsp3) is 0.348. The Hall–Kier alpha value is -3.69. The van der Waals surface area contributed by atoms with E-state index >= 15 is 0 Å². The number of nitrogens with one attached hydrogen (secondary N) is 1. The van der Waals surface area contributed by atoms with Crippen molar-refractivity contribution in [2.24, 2.45) is 18.0 Å². The molecule has 1 N–H and O–H groups in total. The van der Waals surface area contributed by atoms with Crippen LogP contribution in [0.1, 0.15) is 24.2 Å². The first-order valence-electron chi connectivity index (χ1n) is 10.6. The first-order valence-corrected chi connectivity index (χ1v) is 10.6. The molecule has 0 amide bonds. The first-order chi connectivity index (χ1) is 15.9. The van der Waals surface area contributed by atoms with E-state index < -0.39 is 6.43 Å². The fourth-order valence-electron chi connectivity index (χ4n) is 3.93. The Labute approximate surface area is 188 Å². The van der Waals surface area contributed by atoms with Crippen LogP contribution in [0.15, 0.2) is 35.6 Å². The maximum atomic E-state index is 13.4. The van der Waals surface area contributed by atoms with Gasteiger partial charge in [0.05, 0.1) is 41.1 Å². The van der Waals surface area contributed by atoms with Crippen molar-refractivity contribution in [3.8, 4) is 17.1 Å². The minimum Gasteiger partial charge on any atom is -0.494 e. The Morgan fingerprint density at radius 1 is 1.30 bits per heavy atom. The molecule has 2 aliphatic rings. The zero-order valence-electron chi connectivity index (χ0n) is 18.2. The lowest BCUT2D eigenvalue weighted by Gasteiger charge is -2.16. The zero-order chi connectivity index (χ0) is 23.1. The van der Waals surface area contributed by atoms with Gasteiger partial charge in [-0.25, -0.2) is 18.8 Å². The molecule has 0 unspecified atom stereocenters. The number of hydrogen-bond donors (Lipinski definition) is 1. The summed E-state index contributed by atoms with van der Waals surface area (Å²) in [6, 6.07) is 7.18. The number of aryl methyl sites for hydroxylation is 1. The second kappa shape index (κ2) is 8.34. The summed E-state index contributed by atoms with van der Waals surface area (Å²) in [4.78, 5) is 25.3. The van der Waals surface area contributed by atoms with Gasteiger partial charge in [-0.05, 0) is 31.0 Å². The first kappa shape index (κ1) is 21.2. The summed E-state index contributed by atoms with van der Waals surface area (Å²) in [5, 5.41) is 7.61. The Balaban J connectivity index is 1.55. The number of carbonyl (C=O) groups is 1. The summed E-state index contributed by atoms with van der Waals surface area (Å²) >= 11 is 0. The number of pyridine rings is 1. The highest BCUT2D eigenvalue weighted by molar-refractivity contribution is 5.99. The van der Waals surface area contributed by atoms with Crippen LogP contribution in [-0.2, 0) is 24.7 Å². The largest absolute Gasteiger partial charge is 0.494 e. The molecule has 1 aromatic carbocycles. The molecule has 0 spiro atoms. The van der Waals surface area contributed by atoms with Crippen molar-refractivity contribution in [3.05, 3.63) is 42.0 Å². The van der Waals surface area contributed by atoms with Gasteiger partial charge in [-0.2, -0.15) is 5.10 Å². The minimum atomic E-state index is -2.67. The number of Topliss-reactive ketones (excluding diaryl/α,β-unsaturated/α-hetero) is 1. The summed E-state index contributed by atoms with van der Waals surface area (Å²) in [6.07, 6.45) is 0.858. The van der Waals surface area contributed by atoms with E-state index in [1.54, 1.807) is 30.2 Å². The van der Waals surface area contributed by atoms with Crippen LogP contribution in [0.4, 0.5) is 25.8 Å². The number of para-hydroxylation sites is 1. The van der Waals surface area contributed by atoms with Gasteiger partial charge < -0.3 is 10.1 Å². The van der Waals surface area contributed by atoms with Crippen LogP contribution < -0.4 is 10.1 Å². The normalized spacial score (nSPS) is 14.9. The summed E-state index contributed by atoms with van der Waals surface area (Å²) in [5.74, 6) is 1.21. The van der Waals surface area contributed by atoms with Crippen molar-refractivity contribution in [1.82, 2.24) is 19.7 Å². The molecule has 33 heavy (non-hydrogen) atoms. The van der Waals surface area contributed by atoms with Gasteiger partial charge in [-0.15, -0.1) is 0 Å². The molecular weight excluding hydrogens is 430 g/mol. The minimum absolute atomic E-state index is 0.0395. The number of halogens is 2. The topological polar surface area (TPSA) is 94.3 Å². The summed E-state index contributed by atoms with van der Waals surface area (Å²) < 4.78 is 34.0. The number of rotatable bonds is 8. The fourth-order valence-corrected chi connectivity index (χ4v) is 3.93. The lowest BCUT2D eigenvalue weighted by atomic mass is 10.1. The standard InChI is InChI=1S/C23H22F2N6O2/c1-31-11-26-23(30-31)14-4-3-5-15(21(14)33-2)28-16-8-13(9-19(32)12-6-7-12)27-17-10-18(22(24)25)29-20(16)17/h3-5,8,11-12,22H,6-7,9-10H2,1-2H3,(H,27,28). The molecule has 10 heteroatoms. The highest BCUT2D eigenvalue weighted by atomic mass is 19.3. The van der Waals surface area contributed by atoms with Gasteiger partial charge in [0.15, 0.2) is 11.6 Å². The molecule has 3 heterocycles. The third-order valence-corrected chi connectivity index (χ3v) is 5.69. The number of aliphatic imine (C=N–C) groups is 1. The molecule has 1 fully saturated rings. The average molecular weight is 452 g/mol. The second-order valence-electron chi connectivity index (χ2n) is 8.21. The molecule has 1 saturated carbocycles. The number of ether oxygens (including phenoxy) is 1. The Bertz CT molecular complexity index is 1270. The lowest BCUT2D eigenvalue weighted by Crippen LogP contribution is -2.11. The van der Waals surface area contributed by atoms with Crippen molar-refractivity contribution in [2.45, 2.75) is 32.1 Å². The van der Waals surface area contributed by atoms with Gasteiger partial charge in [-0.1, -0.05) is 6.07 Å². The van der Waals surface area contributed by atoms with Crippen molar-refractivity contribution < 1.29 is 18.3 Å².